The Kier molecular flexibility index (Phi) is 5.66. The van der Waals surface area contributed by atoms with Crippen LogP contribution in [0.4, 0.5) is 0 Å². The van der Waals surface area contributed by atoms with Crippen molar-refractivity contribution in [1.82, 2.24) is 25.2 Å². The minimum Gasteiger partial charge on any atom is -0.309 e. The van der Waals surface area contributed by atoms with E-state index in [4.69, 9.17) is 0 Å². The maximum absolute atomic E-state index is 4.20. The van der Waals surface area contributed by atoms with E-state index in [2.05, 4.69) is 59.3 Å². The molecule has 1 N–H and O–H groups in total. The van der Waals surface area contributed by atoms with Crippen LogP contribution < -0.4 is 5.32 Å². The van der Waals surface area contributed by atoms with Crippen molar-refractivity contribution in [3.05, 3.63) is 11.9 Å². The summed E-state index contributed by atoms with van der Waals surface area (Å²) in [7, 11) is 0. The second kappa shape index (κ2) is 7.26. The van der Waals surface area contributed by atoms with Crippen LogP contribution in [-0.2, 0) is 13.1 Å². The van der Waals surface area contributed by atoms with Crippen LogP contribution in [0, 0.1) is 0 Å². The fourth-order valence-corrected chi connectivity index (χ4v) is 3.24. The van der Waals surface area contributed by atoms with Crippen LogP contribution in [-0.4, -0.2) is 56.6 Å². The van der Waals surface area contributed by atoms with Crippen molar-refractivity contribution in [3.63, 3.8) is 0 Å². The first-order valence-corrected chi connectivity index (χ1v) is 8.25. The molecule has 1 unspecified atom stereocenters. The topological polar surface area (TPSA) is 46.0 Å². The zero-order valence-electron chi connectivity index (χ0n) is 12.2. The van der Waals surface area contributed by atoms with E-state index in [9.17, 15) is 0 Å². The van der Waals surface area contributed by atoms with Crippen molar-refractivity contribution in [1.29, 1.82) is 0 Å². The average molecular weight is 283 g/mol. The summed E-state index contributed by atoms with van der Waals surface area (Å²) in [6, 6.07) is 1.17. The molecule has 0 bridgehead atoms. The number of hydrogen-bond donors (Lipinski definition) is 1. The van der Waals surface area contributed by atoms with Crippen LogP contribution in [0.2, 0.25) is 0 Å². The predicted molar refractivity (Wildman–Crippen MR) is 80.4 cm³/mol. The minimum absolute atomic E-state index is 0.483. The Balaban J connectivity index is 1.76. The molecule has 1 aliphatic rings. The summed E-state index contributed by atoms with van der Waals surface area (Å²) in [6.45, 7) is 10.6. The fourth-order valence-electron chi connectivity index (χ4n) is 2.16. The summed E-state index contributed by atoms with van der Waals surface area (Å²) in [6.07, 6.45) is 2.05. The van der Waals surface area contributed by atoms with Crippen molar-refractivity contribution in [2.75, 3.05) is 24.6 Å². The maximum atomic E-state index is 4.20. The van der Waals surface area contributed by atoms with Crippen LogP contribution in [0.3, 0.4) is 0 Å². The molecule has 0 aliphatic carbocycles. The Hall–Kier alpha value is -0.590. The van der Waals surface area contributed by atoms with E-state index in [0.717, 1.165) is 25.3 Å². The number of aromatic nitrogens is 3. The molecule has 19 heavy (non-hydrogen) atoms. The third-order valence-corrected chi connectivity index (χ3v) is 4.59. The van der Waals surface area contributed by atoms with Gasteiger partial charge in [-0.3, -0.25) is 9.58 Å². The molecule has 0 spiro atoms. The molecule has 1 fully saturated rings. The lowest BCUT2D eigenvalue weighted by molar-refractivity contribution is 0.220. The summed E-state index contributed by atoms with van der Waals surface area (Å²) in [5.41, 5.74) is 1.02. The van der Waals surface area contributed by atoms with E-state index in [1.54, 1.807) is 0 Å². The molecule has 0 radical (unpaired) electrons. The van der Waals surface area contributed by atoms with Gasteiger partial charge in [-0.05, 0) is 6.92 Å². The number of nitrogens with zero attached hydrogens (tertiary/aromatic N) is 4. The maximum Gasteiger partial charge on any atom is 0.0964 e. The summed E-state index contributed by atoms with van der Waals surface area (Å²) in [5, 5.41) is 11.8. The SMILES string of the molecule is CC(C)NCc1cn(CCN2CCSCC2C)nn1. The molecule has 0 amide bonds. The van der Waals surface area contributed by atoms with Gasteiger partial charge in [0, 0.05) is 49.4 Å². The monoisotopic (exact) mass is 283 g/mol. The van der Waals surface area contributed by atoms with Gasteiger partial charge in [-0.15, -0.1) is 5.10 Å². The van der Waals surface area contributed by atoms with Crippen molar-refractivity contribution < 1.29 is 0 Å². The van der Waals surface area contributed by atoms with Crippen molar-refractivity contribution in [2.24, 2.45) is 0 Å². The van der Waals surface area contributed by atoms with E-state index < -0.39 is 0 Å². The highest BCUT2D eigenvalue weighted by Gasteiger charge is 2.18. The summed E-state index contributed by atoms with van der Waals surface area (Å²) in [5.74, 6) is 2.51. The molecule has 1 aromatic rings. The van der Waals surface area contributed by atoms with Gasteiger partial charge in [-0.1, -0.05) is 19.1 Å². The predicted octanol–water partition coefficient (Wildman–Crippen LogP) is 1.21. The first-order valence-electron chi connectivity index (χ1n) is 7.09. The Morgan fingerprint density at radius 3 is 3.05 bits per heavy atom. The minimum atomic E-state index is 0.483. The van der Waals surface area contributed by atoms with E-state index >= 15 is 0 Å². The Morgan fingerprint density at radius 1 is 1.47 bits per heavy atom. The molecule has 5 nitrogen and oxygen atoms in total. The molecule has 1 saturated heterocycles. The molecular formula is C13H25N5S. The molecular weight excluding hydrogens is 258 g/mol. The summed E-state index contributed by atoms with van der Waals surface area (Å²) in [4.78, 5) is 2.55. The molecule has 2 heterocycles. The Bertz CT molecular complexity index is 379. The lowest BCUT2D eigenvalue weighted by Gasteiger charge is -2.32. The molecule has 0 saturated carbocycles. The van der Waals surface area contributed by atoms with Crippen LogP contribution in [0.5, 0.6) is 0 Å². The zero-order chi connectivity index (χ0) is 13.7. The third-order valence-electron chi connectivity index (χ3n) is 3.40. The highest BCUT2D eigenvalue weighted by Crippen LogP contribution is 2.15. The van der Waals surface area contributed by atoms with Crippen LogP contribution in [0.25, 0.3) is 0 Å². The Morgan fingerprint density at radius 2 is 2.32 bits per heavy atom. The van der Waals surface area contributed by atoms with E-state index in [1.165, 1.54) is 18.1 Å². The van der Waals surface area contributed by atoms with Gasteiger partial charge >= 0.3 is 0 Å². The molecule has 1 atom stereocenters. The van der Waals surface area contributed by atoms with Crippen LogP contribution in [0.1, 0.15) is 26.5 Å². The van der Waals surface area contributed by atoms with Gasteiger partial charge in [0.15, 0.2) is 0 Å². The lowest BCUT2D eigenvalue weighted by Crippen LogP contribution is -2.42. The van der Waals surface area contributed by atoms with Gasteiger partial charge in [0.05, 0.1) is 12.2 Å². The van der Waals surface area contributed by atoms with E-state index in [1.807, 2.05) is 4.68 Å². The van der Waals surface area contributed by atoms with Gasteiger partial charge in [0.2, 0.25) is 0 Å². The Labute approximate surface area is 120 Å². The summed E-state index contributed by atoms with van der Waals surface area (Å²) < 4.78 is 1.96. The lowest BCUT2D eigenvalue weighted by atomic mass is 10.3. The average Bonchev–Trinajstić information content (AvgIpc) is 2.83. The van der Waals surface area contributed by atoms with Crippen molar-refractivity contribution in [3.8, 4) is 0 Å². The largest absolute Gasteiger partial charge is 0.309 e. The standard InChI is InChI=1S/C13H25N5S/c1-11(2)14-8-13-9-18(16-15-13)5-4-17-6-7-19-10-12(17)3/h9,11-12,14H,4-8,10H2,1-3H3. The van der Waals surface area contributed by atoms with Gasteiger partial charge in [0.25, 0.3) is 0 Å². The molecule has 6 heteroatoms. The van der Waals surface area contributed by atoms with Gasteiger partial charge in [0.1, 0.15) is 0 Å². The van der Waals surface area contributed by atoms with E-state index in [0.29, 0.717) is 12.1 Å². The first kappa shape index (κ1) is 14.8. The smallest absolute Gasteiger partial charge is 0.0964 e. The van der Waals surface area contributed by atoms with Crippen LogP contribution >= 0.6 is 11.8 Å². The normalized spacial score (nSPS) is 21.2. The third kappa shape index (κ3) is 4.78. The number of hydrogen-bond acceptors (Lipinski definition) is 5. The van der Waals surface area contributed by atoms with Gasteiger partial charge in [-0.25, -0.2) is 0 Å². The number of rotatable bonds is 6. The van der Waals surface area contributed by atoms with Gasteiger partial charge < -0.3 is 5.32 Å². The quantitative estimate of drug-likeness (QED) is 0.850. The zero-order valence-corrected chi connectivity index (χ0v) is 13.0. The van der Waals surface area contributed by atoms with Crippen molar-refractivity contribution >= 4 is 11.8 Å². The number of thioether (sulfide) groups is 1. The molecule has 0 aromatic carbocycles. The molecule has 2 rings (SSSR count). The highest BCUT2D eigenvalue weighted by molar-refractivity contribution is 7.99. The number of nitrogens with one attached hydrogen (secondary N) is 1. The molecule has 1 aliphatic heterocycles. The second-order valence-electron chi connectivity index (χ2n) is 5.47. The molecule has 108 valence electrons. The van der Waals surface area contributed by atoms with E-state index in [-0.39, 0.29) is 0 Å². The fraction of sp³-hybridized carbons (Fsp3) is 0.846. The first-order chi connectivity index (χ1) is 9.15. The van der Waals surface area contributed by atoms with Crippen molar-refractivity contribution in [2.45, 2.75) is 45.9 Å². The molecule has 1 aromatic heterocycles. The highest BCUT2D eigenvalue weighted by atomic mass is 32.2. The summed E-state index contributed by atoms with van der Waals surface area (Å²) >= 11 is 2.06. The van der Waals surface area contributed by atoms with Crippen LogP contribution in [0.15, 0.2) is 6.20 Å². The second-order valence-corrected chi connectivity index (χ2v) is 6.62. The van der Waals surface area contributed by atoms with Gasteiger partial charge in [-0.2, -0.15) is 11.8 Å².